The smallest absolute Gasteiger partial charge is 0.279 e. The summed E-state index contributed by atoms with van der Waals surface area (Å²) in [4.78, 5) is 21.8. The average Bonchev–Trinajstić information content (AvgIpc) is 2.75. The summed E-state index contributed by atoms with van der Waals surface area (Å²) in [5.74, 6) is -1.23. The van der Waals surface area contributed by atoms with Gasteiger partial charge in [-0.2, -0.15) is 8.42 Å². The maximum absolute atomic E-state index is 13.4. The van der Waals surface area contributed by atoms with Crippen LogP contribution in [0, 0.1) is 5.82 Å². The molecule has 156 valence electrons. The van der Waals surface area contributed by atoms with Crippen LogP contribution in [-0.4, -0.2) is 29.2 Å². The number of amides is 1. The van der Waals surface area contributed by atoms with Crippen molar-refractivity contribution >= 4 is 43.7 Å². The summed E-state index contributed by atoms with van der Waals surface area (Å²) >= 11 is 6.04. The van der Waals surface area contributed by atoms with E-state index in [-0.39, 0.29) is 33.6 Å². The van der Waals surface area contributed by atoms with Gasteiger partial charge in [-0.3, -0.25) is 4.79 Å². The van der Waals surface area contributed by atoms with E-state index >= 15 is 0 Å². The molecular formula is C21H13ClFN3O4S. The normalized spacial score (nSPS) is 13.1. The number of rotatable bonds is 4. The van der Waals surface area contributed by atoms with Crippen molar-refractivity contribution in [2.75, 3.05) is 0 Å². The molecule has 1 amide bonds. The van der Waals surface area contributed by atoms with Crippen LogP contribution in [0.5, 0.6) is 11.6 Å². The summed E-state index contributed by atoms with van der Waals surface area (Å²) < 4.78 is 41.5. The Kier molecular flexibility index (Phi) is 5.79. The highest BCUT2D eigenvalue weighted by Crippen LogP contribution is 2.31. The molecule has 31 heavy (non-hydrogen) atoms. The number of hydrogen-bond acceptors (Lipinski definition) is 6. The lowest BCUT2D eigenvalue weighted by atomic mass is 10.1. The van der Waals surface area contributed by atoms with Crippen LogP contribution >= 0.6 is 11.6 Å². The molecule has 0 saturated carbocycles. The molecule has 0 spiro atoms. The highest BCUT2D eigenvalue weighted by Gasteiger charge is 2.21. The minimum Gasteiger partial charge on any atom is -0.435 e. The fourth-order valence-corrected chi connectivity index (χ4v) is 3.52. The summed E-state index contributed by atoms with van der Waals surface area (Å²) in [5, 5.41) is 2.63. The van der Waals surface area contributed by atoms with E-state index in [1.165, 1.54) is 18.2 Å². The van der Waals surface area contributed by atoms with E-state index in [0.29, 0.717) is 16.7 Å². The van der Waals surface area contributed by atoms with Gasteiger partial charge in [0, 0.05) is 12.1 Å². The predicted octanol–water partition coefficient (Wildman–Crippen LogP) is 3.84. The lowest BCUT2D eigenvalue weighted by molar-refractivity contribution is 0.0957. The zero-order chi connectivity index (χ0) is 22.0. The van der Waals surface area contributed by atoms with Crippen molar-refractivity contribution in [1.29, 1.82) is 0 Å². The molecule has 0 saturated heterocycles. The Morgan fingerprint density at radius 1 is 1.13 bits per heavy atom. The molecule has 1 aliphatic carbocycles. The Balaban J connectivity index is 1.72. The largest absolute Gasteiger partial charge is 0.435 e. The zero-order valence-electron chi connectivity index (χ0n) is 15.7. The summed E-state index contributed by atoms with van der Waals surface area (Å²) in [5.41, 5.74) is 1.16. The Bertz CT molecular complexity index is 1410. The lowest BCUT2D eigenvalue weighted by Gasteiger charge is -2.14. The zero-order valence-corrected chi connectivity index (χ0v) is 17.2. The number of nitrogens with zero attached hydrogens (tertiary/aromatic N) is 2. The average molecular weight is 458 g/mol. The van der Waals surface area contributed by atoms with Gasteiger partial charge in [0.05, 0.1) is 20.9 Å². The third kappa shape index (κ3) is 4.62. The number of para-hydroxylation sites is 2. The van der Waals surface area contributed by atoms with Crippen molar-refractivity contribution in [3.63, 3.8) is 0 Å². The molecule has 2 aromatic carbocycles. The number of aromatic nitrogens is 2. The molecule has 3 aromatic rings. The minimum atomic E-state index is -2.40. The maximum atomic E-state index is 13.4. The van der Waals surface area contributed by atoms with E-state index in [1.807, 2.05) is 0 Å². The first-order chi connectivity index (χ1) is 14.9. The Labute approximate surface area is 182 Å². The number of halogens is 2. The van der Waals surface area contributed by atoms with Gasteiger partial charge in [0.2, 0.25) is 10.3 Å². The van der Waals surface area contributed by atoms with Crippen LogP contribution in [-0.2, 0) is 10.3 Å². The molecular weight excluding hydrogens is 445 g/mol. The molecule has 0 radical (unpaired) electrons. The molecule has 4 rings (SSSR count). The fraction of sp³-hybridized carbons (Fsp3) is 0.0476. The number of ether oxygens (including phenoxy) is 1. The molecule has 1 heterocycles. The number of carbonyl (C=O) groups is 1. The van der Waals surface area contributed by atoms with Crippen LogP contribution in [0.15, 0.2) is 66.4 Å². The number of allylic oxidation sites excluding steroid dienone is 4. The Morgan fingerprint density at radius 2 is 1.87 bits per heavy atom. The quantitative estimate of drug-likeness (QED) is 0.598. The second-order valence-corrected chi connectivity index (χ2v) is 7.83. The van der Waals surface area contributed by atoms with Crippen molar-refractivity contribution in [3.8, 4) is 11.6 Å². The van der Waals surface area contributed by atoms with Crippen molar-refractivity contribution in [1.82, 2.24) is 15.3 Å². The van der Waals surface area contributed by atoms with Crippen LogP contribution in [0.25, 0.3) is 11.0 Å². The summed E-state index contributed by atoms with van der Waals surface area (Å²) in [7, 11) is -2.40. The van der Waals surface area contributed by atoms with Crippen LogP contribution in [0.3, 0.4) is 0 Å². The van der Waals surface area contributed by atoms with Crippen LogP contribution in [0.1, 0.15) is 16.9 Å². The van der Waals surface area contributed by atoms with Gasteiger partial charge in [-0.15, -0.1) is 0 Å². The van der Waals surface area contributed by atoms with Crippen molar-refractivity contribution < 1.29 is 22.3 Å². The van der Waals surface area contributed by atoms with Crippen molar-refractivity contribution in [2.24, 2.45) is 0 Å². The number of hydrogen-bond donors (Lipinski definition) is 1. The summed E-state index contributed by atoms with van der Waals surface area (Å²) in [6, 6.07) is 10.4. The topological polar surface area (TPSA) is 98.2 Å². The van der Waals surface area contributed by atoms with Gasteiger partial charge in [0.25, 0.3) is 11.8 Å². The SMILES string of the molecule is O=C(NC1=CC=CC(=S(=O)=O)C1)c1nc2ccccc2nc1Oc1ccc(F)cc1Cl. The van der Waals surface area contributed by atoms with E-state index in [1.54, 1.807) is 30.3 Å². The molecule has 1 N–H and O–H groups in total. The van der Waals surface area contributed by atoms with Crippen LogP contribution in [0.4, 0.5) is 4.39 Å². The number of carbonyl (C=O) groups excluding carboxylic acids is 1. The van der Waals surface area contributed by atoms with E-state index in [9.17, 15) is 17.6 Å². The fourth-order valence-electron chi connectivity index (χ4n) is 2.85. The van der Waals surface area contributed by atoms with Gasteiger partial charge < -0.3 is 10.1 Å². The molecule has 1 aliphatic rings. The first-order valence-electron chi connectivity index (χ1n) is 8.94. The molecule has 7 nitrogen and oxygen atoms in total. The molecule has 0 unspecified atom stereocenters. The summed E-state index contributed by atoms with van der Waals surface area (Å²) in [6.45, 7) is 0. The Hall–Kier alpha value is -3.56. The van der Waals surface area contributed by atoms with Crippen LogP contribution in [0.2, 0.25) is 5.02 Å². The number of nitrogens with one attached hydrogen (secondary N) is 1. The molecule has 0 bridgehead atoms. The van der Waals surface area contributed by atoms with Gasteiger partial charge >= 0.3 is 0 Å². The second kappa shape index (κ2) is 8.66. The van der Waals surface area contributed by atoms with E-state index in [4.69, 9.17) is 16.3 Å². The third-order valence-electron chi connectivity index (χ3n) is 4.29. The van der Waals surface area contributed by atoms with Gasteiger partial charge in [0.1, 0.15) is 11.6 Å². The van der Waals surface area contributed by atoms with E-state index < -0.39 is 22.0 Å². The van der Waals surface area contributed by atoms with E-state index in [2.05, 4.69) is 15.3 Å². The molecule has 0 atom stereocenters. The molecule has 1 aromatic heterocycles. The maximum Gasteiger partial charge on any atom is 0.279 e. The number of benzene rings is 2. The minimum absolute atomic E-state index is 0.00129. The van der Waals surface area contributed by atoms with Crippen molar-refractivity contribution in [2.45, 2.75) is 6.42 Å². The summed E-state index contributed by atoms with van der Waals surface area (Å²) in [6.07, 6.45) is 4.57. The Morgan fingerprint density at radius 3 is 2.58 bits per heavy atom. The monoisotopic (exact) mass is 457 g/mol. The number of fused-ring (bicyclic) bond motifs is 1. The van der Waals surface area contributed by atoms with Gasteiger partial charge in [-0.1, -0.05) is 29.8 Å². The third-order valence-corrected chi connectivity index (χ3v) is 5.29. The molecule has 0 aliphatic heterocycles. The lowest BCUT2D eigenvalue weighted by Crippen LogP contribution is -2.26. The highest BCUT2D eigenvalue weighted by molar-refractivity contribution is 7.73. The second-order valence-electron chi connectivity index (χ2n) is 6.43. The van der Waals surface area contributed by atoms with Gasteiger partial charge in [-0.25, -0.2) is 14.4 Å². The van der Waals surface area contributed by atoms with Crippen molar-refractivity contribution in [3.05, 3.63) is 82.9 Å². The standard InChI is InChI=1S/C21H13ClFN3O4S/c22-15-10-12(23)8-9-18(15)30-21-19(25-16-6-1-2-7-17(16)26-21)20(27)24-13-4-3-5-14(11-13)31(28)29/h1-10H,11H2,(H,24,27). The van der Waals surface area contributed by atoms with Crippen LogP contribution < -0.4 is 10.1 Å². The molecule has 0 fully saturated rings. The highest BCUT2D eigenvalue weighted by atomic mass is 35.5. The van der Waals surface area contributed by atoms with E-state index in [0.717, 1.165) is 12.1 Å². The first-order valence-corrected chi connectivity index (χ1v) is 10.4. The van der Waals surface area contributed by atoms with Gasteiger partial charge in [-0.05, 0) is 42.5 Å². The first kappa shape index (κ1) is 20.7. The predicted molar refractivity (Wildman–Crippen MR) is 114 cm³/mol. The van der Waals surface area contributed by atoms with Gasteiger partial charge in [0.15, 0.2) is 5.69 Å². The molecule has 10 heteroatoms.